The van der Waals surface area contributed by atoms with Gasteiger partial charge in [0.1, 0.15) is 11.6 Å². The lowest BCUT2D eigenvalue weighted by Gasteiger charge is -2.28. The van der Waals surface area contributed by atoms with Crippen LogP contribution in [0.15, 0.2) is 36.4 Å². The van der Waals surface area contributed by atoms with E-state index in [1.807, 2.05) is 12.1 Å². The maximum Gasteiger partial charge on any atom is 0.129 e. The van der Waals surface area contributed by atoms with Crippen molar-refractivity contribution in [3.63, 3.8) is 0 Å². The van der Waals surface area contributed by atoms with E-state index >= 15 is 0 Å². The van der Waals surface area contributed by atoms with Crippen molar-refractivity contribution >= 4 is 0 Å². The molecule has 2 fully saturated rings. The number of hydrogen-bond donors (Lipinski definition) is 0. The Bertz CT molecular complexity index is 898. The van der Waals surface area contributed by atoms with Crippen LogP contribution >= 0.6 is 0 Å². The van der Waals surface area contributed by atoms with E-state index in [4.69, 9.17) is 4.74 Å². The first-order valence-electron chi connectivity index (χ1n) is 14.6. The SMILES string of the molecule is CCCC1CCC(c2ccc(-c3cc(F)c(CCCCC4CCC(COC)CC4)c(F)c3)cc2)CC1. The normalized spacial score (nSPS) is 24.7. The summed E-state index contributed by atoms with van der Waals surface area (Å²) in [5, 5.41) is 0. The first kappa shape index (κ1) is 27.3. The van der Waals surface area contributed by atoms with E-state index < -0.39 is 11.6 Å². The predicted molar refractivity (Wildman–Crippen MR) is 146 cm³/mol. The Morgan fingerprint density at radius 2 is 1.31 bits per heavy atom. The lowest BCUT2D eigenvalue weighted by atomic mass is 9.77. The second-order valence-corrected chi connectivity index (χ2v) is 11.6. The molecule has 0 aliphatic heterocycles. The van der Waals surface area contributed by atoms with E-state index in [-0.39, 0.29) is 5.56 Å². The Morgan fingerprint density at radius 1 is 0.722 bits per heavy atom. The van der Waals surface area contributed by atoms with Crippen LogP contribution in [0, 0.1) is 29.4 Å². The summed E-state index contributed by atoms with van der Waals surface area (Å²) < 4.78 is 35.1. The predicted octanol–water partition coefficient (Wildman–Crippen LogP) is 9.87. The number of methoxy groups -OCH3 is 1. The third kappa shape index (κ3) is 7.40. The zero-order chi connectivity index (χ0) is 25.3. The minimum Gasteiger partial charge on any atom is -0.384 e. The maximum absolute atomic E-state index is 14.9. The molecule has 2 aliphatic carbocycles. The van der Waals surface area contributed by atoms with Crippen LogP contribution in [0.4, 0.5) is 8.78 Å². The smallest absolute Gasteiger partial charge is 0.129 e. The zero-order valence-electron chi connectivity index (χ0n) is 22.5. The molecule has 0 heterocycles. The van der Waals surface area contributed by atoms with E-state index in [9.17, 15) is 8.78 Å². The molecule has 1 nitrogen and oxygen atoms in total. The van der Waals surface area contributed by atoms with Gasteiger partial charge in [-0.1, -0.05) is 69.7 Å². The molecule has 36 heavy (non-hydrogen) atoms. The van der Waals surface area contributed by atoms with Crippen molar-refractivity contribution in [1.29, 1.82) is 0 Å². The minimum atomic E-state index is -0.400. The van der Waals surface area contributed by atoms with E-state index in [0.717, 1.165) is 42.8 Å². The van der Waals surface area contributed by atoms with Crippen LogP contribution in [-0.4, -0.2) is 13.7 Å². The van der Waals surface area contributed by atoms with Gasteiger partial charge in [0, 0.05) is 19.3 Å². The molecular formula is C33H46F2O. The molecule has 0 radical (unpaired) electrons. The molecule has 0 bridgehead atoms. The van der Waals surface area contributed by atoms with Gasteiger partial charge < -0.3 is 4.74 Å². The maximum atomic E-state index is 14.9. The number of hydrogen-bond acceptors (Lipinski definition) is 1. The van der Waals surface area contributed by atoms with Gasteiger partial charge in [-0.3, -0.25) is 0 Å². The van der Waals surface area contributed by atoms with Crippen LogP contribution in [0.1, 0.15) is 107 Å². The van der Waals surface area contributed by atoms with Crippen molar-refractivity contribution < 1.29 is 13.5 Å². The summed E-state index contributed by atoms with van der Waals surface area (Å²) in [5.74, 6) is 2.21. The van der Waals surface area contributed by atoms with Gasteiger partial charge >= 0.3 is 0 Å². The summed E-state index contributed by atoms with van der Waals surface area (Å²) >= 11 is 0. The zero-order valence-corrected chi connectivity index (χ0v) is 22.5. The topological polar surface area (TPSA) is 9.23 Å². The average molecular weight is 497 g/mol. The molecule has 2 saturated carbocycles. The highest BCUT2D eigenvalue weighted by Gasteiger charge is 2.23. The Morgan fingerprint density at radius 3 is 1.92 bits per heavy atom. The van der Waals surface area contributed by atoms with Gasteiger partial charge in [0.2, 0.25) is 0 Å². The van der Waals surface area contributed by atoms with Gasteiger partial charge in [0.15, 0.2) is 0 Å². The number of rotatable bonds is 11. The lowest BCUT2D eigenvalue weighted by molar-refractivity contribution is 0.117. The van der Waals surface area contributed by atoms with E-state index in [1.54, 1.807) is 7.11 Å². The minimum absolute atomic E-state index is 0.253. The van der Waals surface area contributed by atoms with Crippen LogP contribution in [0.3, 0.4) is 0 Å². The fourth-order valence-corrected chi connectivity index (χ4v) is 6.81. The second kappa shape index (κ2) is 13.7. The molecular weight excluding hydrogens is 450 g/mol. The van der Waals surface area contributed by atoms with Gasteiger partial charge in [-0.25, -0.2) is 8.78 Å². The molecule has 2 aliphatic rings. The molecule has 0 amide bonds. The van der Waals surface area contributed by atoms with Gasteiger partial charge in [-0.15, -0.1) is 0 Å². The number of ether oxygens (including phenoxy) is 1. The number of benzene rings is 2. The first-order valence-corrected chi connectivity index (χ1v) is 14.6. The lowest BCUT2D eigenvalue weighted by Crippen LogP contribution is -2.18. The molecule has 0 N–H and O–H groups in total. The standard InChI is InChI=1S/C33H46F2O/c1-3-6-24-13-15-27(16-14-24)28-17-19-29(20-18-28)30-21-32(34)31(33(35)22-30)8-5-4-7-25-9-11-26(12-10-25)23-36-2/h17-22,24-27H,3-16,23H2,1-2H3. The summed E-state index contributed by atoms with van der Waals surface area (Å²) in [5.41, 5.74) is 3.16. The summed E-state index contributed by atoms with van der Waals surface area (Å²) in [4.78, 5) is 0. The molecule has 198 valence electrons. The van der Waals surface area contributed by atoms with Gasteiger partial charge in [-0.05, 0) is 104 Å². The molecule has 0 aromatic heterocycles. The third-order valence-corrected chi connectivity index (χ3v) is 9.06. The van der Waals surface area contributed by atoms with Gasteiger partial charge in [0.05, 0.1) is 0 Å². The summed E-state index contributed by atoms with van der Waals surface area (Å²) in [6.45, 7) is 3.16. The van der Waals surface area contributed by atoms with Crippen LogP contribution in [0.2, 0.25) is 0 Å². The molecule has 0 spiro atoms. The Balaban J connectivity index is 1.27. The highest BCUT2D eigenvalue weighted by Crippen LogP contribution is 2.38. The van der Waals surface area contributed by atoms with Crippen molar-refractivity contribution in [3.8, 4) is 11.1 Å². The van der Waals surface area contributed by atoms with Crippen molar-refractivity contribution in [2.75, 3.05) is 13.7 Å². The third-order valence-electron chi connectivity index (χ3n) is 9.06. The van der Waals surface area contributed by atoms with E-state index in [0.29, 0.717) is 17.9 Å². The Kier molecular flexibility index (Phi) is 10.4. The Labute approximate surface area is 218 Å². The highest BCUT2D eigenvalue weighted by atomic mass is 19.1. The second-order valence-electron chi connectivity index (χ2n) is 11.6. The molecule has 2 aromatic carbocycles. The van der Waals surface area contributed by atoms with Gasteiger partial charge in [-0.2, -0.15) is 0 Å². The van der Waals surface area contributed by atoms with Crippen LogP contribution < -0.4 is 0 Å². The summed E-state index contributed by atoms with van der Waals surface area (Å²) in [6.07, 6.45) is 16.4. The molecule has 2 aromatic rings. The monoisotopic (exact) mass is 496 g/mol. The highest BCUT2D eigenvalue weighted by molar-refractivity contribution is 5.64. The van der Waals surface area contributed by atoms with Crippen LogP contribution in [0.25, 0.3) is 11.1 Å². The van der Waals surface area contributed by atoms with Gasteiger partial charge in [0.25, 0.3) is 0 Å². The summed E-state index contributed by atoms with van der Waals surface area (Å²) in [6, 6.07) is 11.5. The molecule has 0 unspecified atom stereocenters. The van der Waals surface area contributed by atoms with E-state index in [1.165, 1.54) is 88.3 Å². The number of halogens is 2. The quantitative estimate of drug-likeness (QED) is 0.281. The number of unbranched alkanes of at least 4 members (excludes halogenated alkanes) is 1. The summed E-state index contributed by atoms with van der Waals surface area (Å²) in [7, 11) is 1.78. The van der Waals surface area contributed by atoms with Crippen LogP contribution in [-0.2, 0) is 11.2 Å². The van der Waals surface area contributed by atoms with E-state index in [2.05, 4.69) is 19.1 Å². The van der Waals surface area contributed by atoms with Crippen molar-refractivity contribution in [1.82, 2.24) is 0 Å². The largest absolute Gasteiger partial charge is 0.384 e. The Hall–Kier alpha value is -1.74. The molecule has 0 atom stereocenters. The van der Waals surface area contributed by atoms with Crippen molar-refractivity contribution in [2.24, 2.45) is 17.8 Å². The fraction of sp³-hybridized carbons (Fsp3) is 0.636. The molecule has 3 heteroatoms. The molecule has 0 saturated heterocycles. The van der Waals surface area contributed by atoms with Crippen molar-refractivity contribution in [3.05, 3.63) is 59.2 Å². The van der Waals surface area contributed by atoms with Crippen LogP contribution in [0.5, 0.6) is 0 Å². The first-order chi connectivity index (χ1) is 17.6. The molecule has 4 rings (SSSR count). The van der Waals surface area contributed by atoms with Crippen molar-refractivity contribution in [2.45, 2.75) is 103 Å². The average Bonchev–Trinajstić information content (AvgIpc) is 2.89. The fourth-order valence-electron chi connectivity index (χ4n) is 6.81.